The number of nitrogens with zero attached hydrogens (tertiary/aromatic N) is 2. The number of aromatic amines is 1. The first kappa shape index (κ1) is 13.4. The van der Waals surface area contributed by atoms with E-state index >= 15 is 0 Å². The molecular formula is C12H18N4O3. The Balaban J connectivity index is 1.93. The first-order chi connectivity index (χ1) is 8.99. The monoisotopic (exact) mass is 266 g/mol. The van der Waals surface area contributed by atoms with E-state index in [2.05, 4.69) is 15.3 Å². The molecule has 0 bridgehead atoms. The van der Waals surface area contributed by atoms with Gasteiger partial charge in [0.25, 0.3) is 0 Å². The Labute approximate surface area is 111 Å². The van der Waals surface area contributed by atoms with Gasteiger partial charge in [0.05, 0.1) is 12.0 Å². The van der Waals surface area contributed by atoms with Crippen LogP contribution in [0.3, 0.4) is 0 Å². The second-order valence-corrected chi connectivity index (χ2v) is 4.97. The Morgan fingerprint density at radius 1 is 1.58 bits per heavy atom. The number of aliphatic carboxylic acids is 1. The van der Waals surface area contributed by atoms with Crippen LogP contribution in [-0.4, -0.2) is 45.1 Å². The van der Waals surface area contributed by atoms with Crippen LogP contribution in [0.5, 0.6) is 0 Å². The van der Waals surface area contributed by atoms with Crippen molar-refractivity contribution in [3.8, 4) is 0 Å². The largest absolute Gasteiger partial charge is 0.481 e. The van der Waals surface area contributed by atoms with Crippen molar-refractivity contribution < 1.29 is 14.7 Å². The summed E-state index contributed by atoms with van der Waals surface area (Å²) in [4.78, 5) is 31.6. The van der Waals surface area contributed by atoms with Gasteiger partial charge in [0.15, 0.2) is 0 Å². The fourth-order valence-corrected chi connectivity index (χ4v) is 2.31. The SMILES string of the molecule is CC(NC(=O)N1C[C@@H](C)[C@H](C(=O)O)C1)c1ncc[nH]1. The number of aromatic nitrogens is 2. The van der Waals surface area contributed by atoms with Gasteiger partial charge in [-0.05, 0) is 12.8 Å². The molecule has 1 aromatic heterocycles. The normalized spacial score (nSPS) is 24.2. The number of imidazole rings is 1. The average molecular weight is 266 g/mol. The number of rotatable bonds is 3. The van der Waals surface area contributed by atoms with Gasteiger partial charge in [-0.15, -0.1) is 0 Å². The highest BCUT2D eigenvalue weighted by molar-refractivity contribution is 5.77. The average Bonchev–Trinajstić information content (AvgIpc) is 2.96. The topological polar surface area (TPSA) is 98.3 Å². The van der Waals surface area contributed by atoms with Crippen molar-refractivity contribution in [2.45, 2.75) is 19.9 Å². The van der Waals surface area contributed by atoms with Crippen molar-refractivity contribution in [2.75, 3.05) is 13.1 Å². The number of nitrogens with one attached hydrogen (secondary N) is 2. The number of H-pyrrole nitrogens is 1. The lowest BCUT2D eigenvalue weighted by Gasteiger charge is -2.19. The predicted octanol–water partition coefficient (Wildman–Crippen LogP) is 0.833. The maximum atomic E-state index is 12.0. The highest BCUT2D eigenvalue weighted by atomic mass is 16.4. The third kappa shape index (κ3) is 2.86. The van der Waals surface area contributed by atoms with Gasteiger partial charge in [0.2, 0.25) is 0 Å². The van der Waals surface area contributed by atoms with Gasteiger partial charge in [-0.25, -0.2) is 9.78 Å². The molecule has 2 amide bonds. The van der Waals surface area contributed by atoms with Gasteiger partial charge in [0.1, 0.15) is 5.82 Å². The smallest absolute Gasteiger partial charge is 0.318 e. The van der Waals surface area contributed by atoms with Crippen LogP contribution in [0, 0.1) is 11.8 Å². The van der Waals surface area contributed by atoms with Gasteiger partial charge in [-0.1, -0.05) is 6.92 Å². The van der Waals surface area contributed by atoms with E-state index in [1.165, 1.54) is 0 Å². The van der Waals surface area contributed by atoms with Crippen molar-refractivity contribution in [1.82, 2.24) is 20.2 Å². The summed E-state index contributed by atoms with van der Waals surface area (Å²) in [6, 6.07) is -0.485. The summed E-state index contributed by atoms with van der Waals surface area (Å²) in [7, 11) is 0. The maximum Gasteiger partial charge on any atom is 0.318 e. The molecule has 1 aliphatic rings. The van der Waals surface area contributed by atoms with Crippen molar-refractivity contribution in [3.05, 3.63) is 18.2 Å². The summed E-state index contributed by atoms with van der Waals surface area (Å²) < 4.78 is 0. The van der Waals surface area contributed by atoms with Gasteiger partial charge < -0.3 is 20.3 Å². The lowest BCUT2D eigenvalue weighted by atomic mass is 9.99. The molecule has 1 aromatic rings. The molecule has 3 N–H and O–H groups in total. The van der Waals surface area contributed by atoms with Crippen molar-refractivity contribution >= 4 is 12.0 Å². The van der Waals surface area contributed by atoms with Crippen LogP contribution in [0.4, 0.5) is 4.79 Å². The van der Waals surface area contributed by atoms with Crippen LogP contribution in [0.1, 0.15) is 25.7 Å². The third-order valence-corrected chi connectivity index (χ3v) is 3.49. The maximum absolute atomic E-state index is 12.0. The summed E-state index contributed by atoms with van der Waals surface area (Å²) in [5.41, 5.74) is 0. The molecule has 104 valence electrons. The molecule has 7 nitrogen and oxygen atoms in total. The molecule has 0 aliphatic carbocycles. The fourth-order valence-electron chi connectivity index (χ4n) is 2.31. The summed E-state index contributed by atoms with van der Waals surface area (Å²) in [6.45, 7) is 4.40. The standard InChI is InChI=1S/C12H18N4O3/c1-7-5-16(6-9(7)11(17)18)12(19)15-8(2)10-13-3-4-14-10/h3-4,7-9H,5-6H2,1-2H3,(H,13,14)(H,15,19)(H,17,18)/t7-,8?,9-/m1/s1. The Kier molecular flexibility index (Phi) is 3.73. The number of carboxylic acid groups (broad SMARTS) is 1. The molecule has 3 atom stereocenters. The molecule has 0 spiro atoms. The molecular weight excluding hydrogens is 248 g/mol. The third-order valence-electron chi connectivity index (χ3n) is 3.49. The minimum absolute atomic E-state index is 0.0258. The van der Waals surface area contributed by atoms with E-state index in [0.717, 1.165) is 0 Å². The Morgan fingerprint density at radius 2 is 2.32 bits per heavy atom. The molecule has 0 radical (unpaired) electrons. The van der Waals surface area contributed by atoms with E-state index in [0.29, 0.717) is 12.4 Å². The molecule has 2 heterocycles. The van der Waals surface area contributed by atoms with Gasteiger partial charge in [-0.3, -0.25) is 4.79 Å². The molecule has 0 aromatic carbocycles. The van der Waals surface area contributed by atoms with E-state index < -0.39 is 11.9 Å². The molecule has 1 saturated heterocycles. The van der Waals surface area contributed by atoms with Crippen molar-refractivity contribution in [2.24, 2.45) is 11.8 Å². The molecule has 19 heavy (non-hydrogen) atoms. The Bertz CT molecular complexity index is 460. The number of urea groups is 1. The van der Waals surface area contributed by atoms with Crippen LogP contribution < -0.4 is 5.32 Å². The van der Waals surface area contributed by atoms with Crippen LogP contribution in [0.25, 0.3) is 0 Å². The molecule has 7 heteroatoms. The van der Waals surface area contributed by atoms with E-state index in [1.807, 2.05) is 13.8 Å². The molecule has 1 unspecified atom stereocenters. The Morgan fingerprint density at radius 3 is 2.84 bits per heavy atom. The van der Waals surface area contributed by atoms with Crippen LogP contribution in [-0.2, 0) is 4.79 Å². The first-order valence-corrected chi connectivity index (χ1v) is 6.26. The zero-order valence-corrected chi connectivity index (χ0v) is 11.0. The summed E-state index contributed by atoms with van der Waals surface area (Å²) >= 11 is 0. The highest BCUT2D eigenvalue weighted by Gasteiger charge is 2.37. The number of carboxylic acids is 1. The quantitative estimate of drug-likeness (QED) is 0.754. The summed E-state index contributed by atoms with van der Waals surface area (Å²) in [6.07, 6.45) is 3.31. The van der Waals surface area contributed by atoms with E-state index in [1.54, 1.807) is 17.3 Å². The lowest BCUT2D eigenvalue weighted by molar-refractivity contribution is -0.142. The number of hydrogen-bond donors (Lipinski definition) is 3. The Hall–Kier alpha value is -2.05. The number of carbonyl (C=O) groups is 2. The first-order valence-electron chi connectivity index (χ1n) is 6.26. The van der Waals surface area contributed by atoms with E-state index in [-0.39, 0.29) is 24.5 Å². The number of hydrogen-bond acceptors (Lipinski definition) is 3. The lowest BCUT2D eigenvalue weighted by Crippen LogP contribution is -2.40. The zero-order chi connectivity index (χ0) is 14.0. The minimum Gasteiger partial charge on any atom is -0.481 e. The van der Waals surface area contributed by atoms with Crippen LogP contribution >= 0.6 is 0 Å². The summed E-state index contributed by atoms with van der Waals surface area (Å²) in [5.74, 6) is -0.677. The summed E-state index contributed by atoms with van der Waals surface area (Å²) in [5, 5.41) is 11.8. The zero-order valence-electron chi connectivity index (χ0n) is 11.0. The van der Waals surface area contributed by atoms with Crippen LogP contribution in [0.15, 0.2) is 12.4 Å². The number of carbonyl (C=O) groups excluding carboxylic acids is 1. The van der Waals surface area contributed by atoms with E-state index in [9.17, 15) is 9.59 Å². The predicted molar refractivity (Wildman–Crippen MR) is 67.4 cm³/mol. The fraction of sp³-hybridized carbons (Fsp3) is 0.583. The molecule has 2 rings (SSSR count). The van der Waals surface area contributed by atoms with E-state index in [4.69, 9.17) is 5.11 Å². The van der Waals surface area contributed by atoms with Crippen molar-refractivity contribution in [3.63, 3.8) is 0 Å². The number of likely N-dealkylation sites (tertiary alicyclic amines) is 1. The van der Waals surface area contributed by atoms with Gasteiger partial charge in [0, 0.05) is 25.5 Å². The number of amides is 2. The second kappa shape index (κ2) is 5.29. The minimum atomic E-state index is -0.845. The second-order valence-electron chi connectivity index (χ2n) is 4.97. The molecule has 1 fully saturated rings. The van der Waals surface area contributed by atoms with Gasteiger partial charge in [-0.2, -0.15) is 0 Å². The van der Waals surface area contributed by atoms with Gasteiger partial charge >= 0.3 is 12.0 Å². The van der Waals surface area contributed by atoms with Crippen molar-refractivity contribution in [1.29, 1.82) is 0 Å². The highest BCUT2D eigenvalue weighted by Crippen LogP contribution is 2.23. The molecule has 0 saturated carbocycles. The molecule has 1 aliphatic heterocycles. The van der Waals surface area contributed by atoms with Crippen LogP contribution in [0.2, 0.25) is 0 Å².